The van der Waals surface area contributed by atoms with Crippen LogP contribution in [-0.4, -0.2) is 25.9 Å². The van der Waals surface area contributed by atoms with Crippen LogP contribution in [0.5, 0.6) is 0 Å². The lowest BCUT2D eigenvalue weighted by Gasteiger charge is -2.77. The van der Waals surface area contributed by atoms with Gasteiger partial charge >= 0.3 is 0 Å². The van der Waals surface area contributed by atoms with Gasteiger partial charge in [0.25, 0.3) is 0 Å². The predicted molar refractivity (Wildman–Crippen MR) is 130 cm³/mol. The molecule has 146 valence electrons. The van der Waals surface area contributed by atoms with Crippen LogP contribution in [0.1, 0.15) is 77.0 Å². The summed E-state index contributed by atoms with van der Waals surface area (Å²) in [5.41, 5.74) is 0.882. The maximum absolute atomic E-state index is 4.29. The average Bonchev–Trinajstić information content (AvgIpc) is 2.25. The maximum atomic E-state index is 4.29. The van der Waals surface area contributed by atoms with Gasteiger partial charge in [0.15, 0.2) is 0 Å². The molecule has 26 heavy (non-hydrogen) atoms. The van der Waals surface area contributed by atoms with Gasteiger partial charge in [-0.15, -0.1) is 0 Å². The van der Waals surface area contributed by atoms with E-state index >= 15 is 0 Å². The van der Waals surface area contributed by atoms with Crippen molar-refractivity contribution in [3.63, 3.8) is 0 Å². The fourth-order valence-corrected chi connectivity index (χ4v) is 21.6. The van der Waals surface area contributed by atoms with E-state index in [1.54, 1.807) is 0 Å². The van der Waals surface area contributed by atoms with Crippen LogP contribution in [0.3, 0.4) is 0 Å². The number of rotatable bonds is 1. The molecule has 8 saturated carbocycles. The minimum absolute atomic E-state index is 0.316. The highest BCUT2D eigenvalue weighted by Gasteiger charge is 2.77. The zero-order valence-electron chi connectivity index (χ0n) is 14.8. The van der Waals surface area contributed by atoms with Gasteiger partial charge in [0.1, 0.15) is 0 Å². The minimum atomic E-state index is 0.316. The van der Waals surface area contributed by atoms with E-state index in [2.05, 4.69) is 95.6 Å². The molecule has 0 N–H and O–H groups in total. The van der Waals surface area contributed by atoms with E-state index in [1.165, 1.54) is 77.0 Å². The van der Waals surface area contributed by atoms with E-state index in [4.69, 9.17) is 0 Å². The SMILES string of the molecule is BrC12CC3(Br)CC(Br)(C1)CC(C14CC5(Br)CC(Br)(CC(Br)(C5)C1)C4)(C2)C3. The van der Waals surface area contributed by atoms with E-state index in [1.807, 2.05) is 0 Å². The van der Waals surface area contributed by atoms with Crippen LogP contribution in [0.15, 0.2) is 0 Å². The summed E-state index contributed by atoms with van der Waals surface area (Å²) in [6.07, 6.45) is 16.0. The molecule has 0 saturated heterocycles. The molecule has 0 aromatic carbocycles. The lowest BCUT2D eigenvalue weighted by Crippen LogP contribution is -2.74. The first-order valence-corrected chi connectivity index (χ1v) is 14.6. The zero-order chi connectivity index (χ0) is 18.5. The van der Waals surface area contributed by atoms with Crippen molar-refractivity contribution in [1.29, 1.82) is 0 Å². The molecule has 0 heterocycles. The van der Waals surface area contributed by atoms with Crippen molar-refractivity contribution in [2.24, 2.45) is 10.8 Å². The molecule has 0 spiro atoms. The Kier molecular flexibility index (Phi) is 3.83. The lowest BCUT2D eigenvalue weighted by molar-refractivity contribution is -0.159. The average molecular weight is 744 g/mol. The molecule has 0 aromatic heterocycles. The van der Waals surface area contributed by atoms with E-state index in [0.29, 0.717) is 36.8 Å². The van der Waals surface area contributed by atoms with Crippen LogP contribution in [0, 0.1) is 10.8 Å². The van der Waals surface area contributed by atoms with E-state index in [-0.39, 0.29) is 0 Å². The summed E-state index contributed by atoms with van der Waals surface area (Å²) >= 11 is 25.7. The fraction of sp³-hybridized carbons (Fsp3) is 1.00. The number of alkyl halides is 6. The van der Waals surface area contributed by atoms with Crippen molar-refractivity contribution in [2.75, 3.05) is 0 Å². The summed E-state index contributed by atoms with van der Waals surface area (Å²) < 4.78 is 1.90. The second-order valence-electron chi connectivity index (χ2n) is 11.6. The molecule has 0 nitrogen and oxygen atoms in total. The molecule has 0 aromatic rings. The Hall–Kier alpha value is 2.88. The maximum Gasteiger partial charge on any atom is 0.0290 e. The molecule has 8 fully saturated rings. The van der Waals surface area contributed by atoms with Crippen LogP contribution in [-0.2, 0) is 0 Å². The zero-order valence-corrected chi connectivity index (χ0v) is 24.3. The molecular weight excluding hydrogens is 720 g/mol. The van der Waals surface area contributed by atoms with Crippen molar-refractivity contribution >= 4 is 95.6 Å². The summed E-state index contributed by atoms with van der Waals surface area (Å²) in [6.45, 7) is 0. The van der Waals surface area contributed by atoms with Crippen molar-refractivity contribution < 1.29 is 0 Å². The Morgan fingerprint density at radius 3 is 0.577 bits per heavy atom. The standard InChI is InChI=1S/C20H24Br6/c21-15-1-13(2-16(22,7-15)9-17(23,3-13)8-15)14-4-18(24)10-19(25,5-14)12-20(26,6-14)11-18/h1-12H2. The molecule has 0 radical (unpaired) electrons. The summed E-state index contributed by atoms with van der Waals surface area (Å²) in [4.78, 5) is 0. The molecule has 0 atom stereocenters. The third kappa shape index (κ3) is 2.56. The fourth-order valence-electron chi connectivity index (χ4n) is 9.67. The number of hydrogen-bond donors (Lipinski definition) is 0. The molecule has 6 heteroatoms. The Morgan fingerprint density at radius 1 is 0.269 bits per heavy atom. The summed E-state index contributed by atoms with van der Waals surface area (Å²) in [5.74, 6) is 0. The molecule has 0 amide bonds. The molecule has 8 rings (SSSR count). The van der Waals surface area contributed by atoms with Crippen LogP contribution in [0.2, 0.25) is 0 Å². The van der Waals surface area contributed by atoms with Crippen LogP contribution in [0.4, 0.5) is 0 Å². The van der Waals surface area contributed by atoms with Crippen LogP contribution < -0.4 is 0 Å². The Bertz CT molecular complexity index is 550. The highest BCUT2D eigenvalue weighted by Crippen LogP contribution is 2.83. The molecular formula is C20H24Br6. The van der Waals surface area contributed by atoms with Crippen molar-refractivity contribution in [3.05, 3.63) is 0 Å². The van der Waals surface area contributed by atoms with Gasteiger partial charge in [0.2, 0.25) is 0 Å². The van der Waals surface area contributed by atoms with Gasteiger partial charge in [-0.1, -0.05) is 95.6 Å². The number of hydrogen-bond acceptors (Lipinski definition) is 0. The number of halogens is 6. The second-order valence-corrected chi connectivity index (χ2v) is 21.7. The highest BCUT2D eigenvalue weighted by molar-refractivity contribution is 9.11. The summed E-state index contributed by atoms with van der Waals surface area (Å²) in [5, 5.41) is 0. The van der Waals surface area contributed by atoms with Crippen molar-refractivity contribution in [3.8, 4) is 0 Å². The third-order valence-corrected chi connectivity index (χ3v) is 13.9. The van der Waals surface area contributed by atoms with Crippen LogP contribution >= 0.6 is 95.6 Å². The Morgan fingerprint density at radius 2 is 0.423 bits per heavy atom. The van der Waals surface area contributed by atoms with Gasteiger partial charge in [-0.2, -0.15) is 0 Å². The monoisotopic (exact) mass is 738 g/mol. The second kappa shape index (κ2) is 5.09. The van der Waals surface area contributed by atoms with Gasteiger partial charge in [0, 0.05) is 25.9 Å². The molecule has 8 aliphatic carbocycles. The van der Waals surface area contributed by atoms with Gasteiger partial charge in [-0.3, -0.25) is 0 Å². The third-order valence-electron chi connectivity index (χ3n) is 8.86. The van der Waals surface area contributed by atoms with Crippen LogP contribution in [0.25, 0.3) is 0 Å². The van der Waals surface area contributed by atoms with Crippen molar-refractivity contribution in [1.82, 2.24) is 0 Å². The normalized spacial score (nSPS) is 70.8. The van der Waals surface area contributed by atoms with Gasteiger partial charge in [-0.05, 0) is 87.9 Å². The van der Waals surface area contributed by atoms with Gasteiger partial charge in [0.05, 0.1) is 0 Å². The van der Waals surface area contributed by atoms with Crippen molar-refractivity contribution in [2.45, 2.75) is 103 Å². The molecule has 0 aliphatic heterocycles. The Balaban J connectivity index is 1.53. The smallest absolute Gasteiger partial charge is 0.0290 e. The first kappa shape index (κ1) is 19.6. The first-order chi connectivity index (χ1) is 11.7. The lowest BCUT2D eigenvalue weighted by atomic mass is 9.35. The topological polar surface area (TPSA) is 0 Å². The first-order valence-electron chi connectivity index (χ1n) is 9.87. The largest absolute Gasteiger partial charge is 0.0852 e. The van der Waals surface area contributed by atoms with E-state index in [0.717, 1.165) is 0 Å². The van der Waals surface area contributed by atoms with Gasteiger partial charge in [-0.25, -0.2) is 0 Å². The Labute approximate surface area is 207 Å². The molecule has 8 bridgehead atoms. The predicted octanol–water partition coefficient (Wildman–Crippen LogP) is 8.52. The minimum Gasteiger partial charge on any atom is -0.0852 e. The summed E-state index contributed by atoms with van der Waals surface area (Å²) in [7, 11) is 0. The van der Waals surface area contributed by atoms with Gasteiger partial charge < -0.3 is 0 Å². The summed E-state index contributed by atoms with van der Waals surface area (Å²) in [6, 6.07) is 0. The van der Waals surface area contributed by atoms with E-state index in [9.17, 15) is 0 Å². The molecule has 0 unspecified atom stereocenters. The highest BCUT2D eigenvalue weighted by atomic mass is 79.9. The van der Waals surface area contributed by atoms with E-state index < -0.39 is 0 Å². The molecule has 8 aliphatic rings. The quantitative estimate of drug-likeness (QED) is 0.237.